The van der Waals surface area contributed by atoms with E-state index in [0.29, 0.717) is 12.1 Å². The molecule has 1 unspecified atom stereocenters. The Bertz CT molecular complexity index is 398. The summed E-state index contributed by atoms with van der Waals surface area (Å²) < 4.78 is 0. The zero-order valence-corrected chi connectivity index (χ0v) is 14.0. The van der Waals surface area contributed by atoms with Crippen LogP contribution in [0.5, 0.6) is 0 Å². The van der Waals surface area contributed by atoms with Crippen LogP contribution >= 0.6 is 23.4 Å². The third kappa shape index (κ3) is 5.21. The van der Waals surface area contributed by atoms with Gasteiger partial charge in [0.2, 0.25) is 0 Å². The highest BCUT2D eigenvalue weighted by Crippen LogP contribution is 2.21. The van der Waals surface area contributed by atoms with Gasteiger partial charge in [0.1, 0.15) is 5.82 Å². The highest BCUT2D eigenvalue weighted by atomic mass is 35.5. The van der Waals surface area contributed by atoms with Gasteiger partial charge in [-0.05, 0) is 24.8 Å². The summed E-state index contributed by atoms with van der Waals surface area (Å²) in [5.74, 6) is 2.06. The number of thioether (sulfide) groups is 1. The Hall–Kier alpha value is -0.450. The molecule has 1 aromatic heterocycles. The summed E-state index contributed by atoms with van der Waals surface area (Å²) >= 11 is 8.05. The molecule has 0 bridgehead atoms. The lowest BCUT2D eigenvalue weighted by Crippen LogP contribution is -2.31. The van der Waals surface area contributed by atoms with Crippen LogP contribution in [-0.2, 0) is 6.54 Å². The van der Waals surface area contributed by atoms with Crippen molar-refractivity contribution in [2.75, 3.05) is 24.0 Å². The van der Waals surface area contributed by atoms with Crippen molar-refractivity contribution in [3.8, 4) is 0 Å². The molecule has 0 fully saturated rings. The lowest BCUT2D eigenvalue weighted by Gasteiger charge is -2.26. The van der Waals surface area contributed by atoms with E-state index in [1.807, 2.05) is 11.8 Å². The van der Waals surface area contributed by atoms with Crippen LogP contribution in [-0.4, -0.2) is 36.1 Å². The maximum absolute atomic E-state index is 6.20. The first kappa shape index (κ1) is 16.6. The molecular formula is C14H24ClN3S. The van der Waals surface area contributed by atoms with Crippen LogP contribution in [0.25, 0.3) is 0 Å². The van der Waals surface area contributed by atoms with Crippen molar-refractivity contribution in [2.45, 2.75) is 39.4 Å². The number of hydrogen-bond donors (Lipinski definition) is 1. The van der Waals surface area contributed by atoms with Crippen LogP contribution in [0.3, 0.4) is 0 Å². The molecule has 0 aliphatic carbocycles. The first-order chi connectivity index (χ1) is 8.95. The Balaban J connectivity index is 2.82. The fraction of sp³-hybridized carbons (Fsp3) is 0.643. The van der Waals surface area contributed by atoms with Gasteiger partial charge in [-0.15, -0.1) is 0 Å². The summed E-state index contributed by atoms with van der Waals surface area (Å²) in [5, 5.41) is 4.11. The lowest BCUT2D eigenvalue weighted by molar-refractivity contribution is 0.588. The van der Waals surface area contributed by atoms with E-state index in [1.54, 1.807) is 6.20 Å². The second-order valence-corrected chi connectivity index (χ2v) is 6.40. The van der Waals surface area contributed by atoms with Crippen molar-refractivity contribution >= 4 is 29.2 Å². The number of nitrogens with zero attached hydrogens (tertiary/aromatic N) is 2. The van der Waals surface area contributed by atoms with E-state index in [4.69, 9.17) is 11.6 Å². The van der Waals surface area contributed by atoms with Crippen molar-refractivity contribution in [1.29, 1.82) is 0 Å². The molecule has 0 aromatic carbocycles. The van der Waals surface area contributed by atoms with Crippen LogP contribution < -0.4 is 10.2 Å². The number of pyridine rings is 1. The SMILES string of the molecule is CSCC(C)N(C)c1cc(CNC(C)C)c(Cl)cn1. The average molecular weight is 302 g/mol. The van der Waals surface area contributed by atoms with Gasteiger partial charge in [-0.1, -0.05) is 25.4 Å². The number of nitrogens with one attached hydrogen (secondary N) is 1. The van der Waals surface area contributed by atoms with E-state index < -0.39 is 0 Å². The number of hydrogen-bond acceptors (Lipinski definition) is 4. The van der Waals surface area contributed by atoms with Gasteiger partial charge in [0, 0.05) is 37.6 Å². The smallest absolute Gasteiger partial charge is 0.128 e. The van der Waals surface area contributed by atoms with Crippen molar-refractivity contribution in [3.63, 3.8) is 0 Å². The van der Waals surface area contributed by atoms with Crippen LogP contribution in [0, 0.1) is 0 Å². The molecule has 5 heteroatoms. The zero-order chi connectivity index (χ0) is 14.4. The lowest BCUT2D eigenvalue weighted by atomic mass is 10.2. The monoisotopic (exact) mass is 301 g/mol. The van der Waals surface area contributed by atoms with Gasteiger partial charge in [-0.25, -0.2) is 4.98 Å². The van der Waals surface area contributed by atoms with E-state index >= 15 is 0 Å². The van der Waals surface area contributed by atoms with Gasteiger partial charge in [0.15, 0.2) is 0 Å². The van der Waals surface area contributed by atoms with Crippen LogP contribution in [0.15, 0.2) is 12.3 Å². The highest BCUT2D eigenvalue weighted by Gasteiger charge is 2.12. The third-order valence-electron chi connectivity index (χ3n) is 3.05. The Labute approximate surface area is 126 Å². The van der Waals surface area contributed by atoms with Gasteiger partial charge in [0.25, 0.3) is 0 Å². The topological polar surface area (TPSA) is 28.2 Å². The largest absolute Gasteiger partial charge is 0.356 e. The van der Waals surface area contributed by atoms with Crippen molar-refractivity contribution < 1.29 is 0 Å². The average Bonchev–Trinajstić information content (AvgIpc) is 2.37. The summed E-state index contributed by atoms with van der Waals surface area (Å²) in [5.41, 5.74) is 1.10. The Kier molecular flexibility index (Phi) is 6.97. The summed E-state index contributed by atoms with van der Waals surface area (Å²) in [4.78, 5) is 6.63. The van der Waals surface area contributed by atoms with E-state index in [2.05, 4.69) is 55.3 Å². The molecule has 0 aliphatic heterocycles. The summed E-state index contributed by atoms with van der Waals surface area (Å²) in [6.07, 6.45) is 3.87. The molecule has 0 spiro atoms. The number of rotatable bonds is 7. The molecule has 0 amide bonds. The molecule has 1 rings (SSSR count). The molecule has 19 heavy (non-hydrogen) atoms. The van der Waals surface area contributed by atoms with Crippen molar-refractivity contribution in [1.82, 2.24) is 10.3 Å². The van der Waals surface area contributed by atoms with E-state index in [9.17, 15) is 0 Å². The van der Waals surface area contributed by atoms with Gasteiger partial charge < -0.3 is 10.2 Å². The van der Waals surface area contributed by atoms with Crippen molar-refractivity contribution in [2.24, 2.45) is 0 Å². The maximum Gasteiger partial charge on any atom is 0.128 e. The zero-order valence-electron chi connectivity index (χ0n) is 12.4. The third-order valence-corrected chi connectivity index (χ3v) is 4.21. The van der Waals surface area contributed by atoms with Crippen LogP contribution in [0.2, 0.25) is 5.02 Å². The maximum atomic E-state index is 6.20. The summed E-state index contributed by atoms with van der Waals surface area (Å²) in [6, 6.07) is 2.98. The Morgan fingerprint density at radius 1 is 1.42 bits per heavy atom. The van der Waals surface area contributed by atoms with E-state index in [-0.39, 0.29) is 0 Å². The molecular weight excluding hydrogens is 278 g/mol. The number of anilines is 1. The first-order valence-corrected chi connectivity index (χ1v) is 8.32. The molecule has 1 aromatic rings. The molecule has 1 heterocycles. The minimum atomic E-state index is 0.445. The van der Waals surface area contributed by atoms with E-state index in [0.717, 1.165) is 28.7 Å². The van der Waals surface area contributed by atoms with Crippen molar-refractivity contribution in [3.05, 3.63) is 22.8 Å². The predicted molar refractivity (Wildman–Crippen MR) is 87.5 cm³/mol. The molecule has 1 atom stereocenters. The van der Waals surface area contributed by atoms with Crippen LogP contribution in [0.4, 0.5) is 5.82 Å². The predicted octanol–water partition coefficient (Wildman–Crippen LogP) is 3.42. The van der Waals surface area contributed by atoms with Crippen LogP contribution in [0.1, 0.15) is 26.3 Å². The molecule has 0 aliphatic rings. The standard InChI is InChI=1S/C14H24ClN3S/c1-10(2)16-7-12-6-14(17-8-13(12)15)18(4)11(3)9-19-5/h6,8,10-11,16H,7,9H2,1-5H3. The normalized spacial score (nSPS) is 12.8. The number of halogens is 1. The molecule has 0 saturated carbocycles. The summed E-state index contributed by atoms with van der Waals surface area (Å²) in [6.45, 7) is 7.24. The molecule has 108 valence electrons. The highest BCUT2D eigenvalue weighted by molar-refractivity contribution is 7.98. The first-order valence-electron chi connectivity index (χ1n) is 6.55. The second kappa shape index (κ2) is 7.98. The Morgan fingerprint density at radius 3 is 2.68 bits per heavy atom. The van der Waals surface area contributed by atoms with E-state index in [1.165, 1.54) is 0 Å². The minimum Gasteiger partial charge on any atom is -0.356 e. The van der Waals surface area contributed by atoms with Gasteiger partial charge in [-0.3, -0.25) is 0 Å². The summed E-state index contributed by atoms with van der Waals surface area (Å²) in [7, 11) is 2.08. The quantitative estimate of drug-likeness (QED) is 0.835. The number of aromatic nitrogens is 1. The van der Waals surface area contributed by atoms with Gasteiger partial charge in [-0.2, -0.15) is 11.8 Å². The molecule has 0 radical (unpaired) electrons. The van der Waals surface area contributed by atoms with Gasteiger partial charge in [0.05, 0.1) is 5.02 Å². The molecule has 3 nitrogen and oxygen atoms in total. The second-order valence-electron chi connectivity index (χ2n) is 5.08. The van der Waals surface area contributed by atoms with Gasteiger partial charge >= 0.3 is 0 Å². The molecule has 1 N–H and O–H groups in total. The minimum absolute atomic E-state index is 0.445. The Morgan fingerprint density at radius 2 is 2.11 bits per heavy atom. The molecule has 0 saturated heterocycles. The fourth-order valence-corrected chi connectivity index (χ4v) is 2.57. The fourth-order valence-electron chi connectivity index (χ4n) is 1.69.